The molecule has 35 heavy (non-hydrogen) atoms. The van der Waals surface area contributed by atoms with Gasteiger partial charge >= 0.3 is 0 Å². The number of unbranched alkanes of at least 4 members (excludes halogenated alkanes) is 1. The lowest BCUT2D eigenvalue weighted by Gasteiger charge is -2.30. The van der Waals surface area contributed by atoms with Crippen LogP contribution < -0.4 is 16.0 Å². The largest absolute Gasteiger partial charge is 0.368 e. The quantitative estimate of drug-likeness (QED) is 0.273. The van der Waals surface area contributed by atoms with Gasteiger partial charge in [-0.3, -0.25) is 9.59 Å². The molecule has 2 amide bonds. The number of aryl methyl sites for hydroxylation is 2. The van der Waals surface area contributed by atoms with Crippen LogP contribution in [-0.2, 0) is 22.4 Å². The van der Waals surface area contributed by atoms with E-state index in [0.717, 1.165) is 51.5 Å². The third-order valence-corrected chi connectivity index (χ3v) is 6.52. The van der Waals surface area contributed by atoms with Crippen LogP contribution in [0.1, 0.15) is 76.8 Å². The number of hydrogen-bond acceptors (Lipinski definition) is 4. The second-order valence-corrected chi connectivity index (χ2v) is 9.79. The second-order valence-electron chi connectivity index (χ2n) is 9.79. The third kappa shape index (κ3) is 10.9. The fraction of sp³-hybridized carbons (Fsp3) is 0.655. The highest BCUT2D eigenvalue weighted by atomic mass is 16.2. The lowest BCUT2D eigenvalue weighted by molar-refractivity contribution is -0.126. The number of hydrogen-bond donors (Lipinski definition) is 3. The Hall–Kier alpha value is -2.34. The summed E-state index contributed by atoms with van der Waals surface area (Å²) in [7, 11) is 1.99. The lowest BCUT2D eigenvalue weighted by Crippen LogP contribution is -2.45. The molecule has 1 fully saturated rings. The maximum absolute atomic E-state index is 12.6. The molecule has 0 radical (unpaired) electrons. The molecule has 0 spiro atoms. The minimum Gasteiger partial charge on any atom is -0.368 e. The molecule has 1 saturated carbocycles. The van der Waals surface area contributed by atoms with Gasteiger partial charge in [-0.2, -0.15) is 0 Å². The fourth-order valence-electron chi connectivity index (χ4n) is 4.48. The van der Waals surface area contributed by atoms with E-state index in [2.05, 4.69) is 72.0 Å². The van der Waals surface area contributed by atoms with Crippen LogP contribution in [0.25, 0.3) is 0 Å². The molecule has 2 rings (SSSR count). The molecule has 0 aromatic heterocycles. The molecular formula is C29H48N4O2. The molecule has 1 aromatic carbocycles. The standard InChI is InChI=1S/C29H48N4O2/c1-5-8-16-26(29(25-17-18-25)31-19-7-3)33(4)22-28(35)32-21-27(34)30-20-11-15-24-14-10-9-13-23(24)12-6-2/h9-10,13-14,16,25,29,31H,5-8,11-12,15,17-22H2,1-4H3,(H,30,34)(H,32,35)/b26-16-. The molecule has 3 N–H and O–H groups in total. The molecule has 0 bridgehead atoms. The Labute approximate surface area is 213 Å². The summed E-state index contributed by atoms with van der Waals surface area (Å²) in [6.07, 6.45) is 12.0. The molecule has 0 saturated heterocycles. The van der Waals surface area contributed by atoms with Crippen molar-refractivity contribution in [1.29, 1.82) is 0 Å². The topological polar surface area (TPSA) is 73.5 Å². The van der Waals surface area contributed by atoms with Gasteiger partial charge in [-0.25, -0.2) is 0 Å². The SMILES string of the molecule is CCC/C=C(/C(NCCC)C1CC1)N(C)CC(=O)NCC(=O)NCCCc1ccccc1CCC. The summed E-state index contributed by atoms with van der Waals surface area (Å²) in [4.78, 5) is 26.9. The average molecular weight is 485 g/mol. The van der Waals surface area contributed by atoms with Crippen LogP contribution in [0.2, 0.25) is 0 Å². The Kier molecular flexibility index (Phi) is 13.5. The van der Waals surface area contributed by atoms with Gasteiger partial charge in [-0.05, 0) is 68.5 Å². The van der Waals surface area contributed by atoms with Gasteiger partial charge < -0.3 is 20.9 Å². The molecule has 1 aromatic rings. The predicted molar refractivity (Wildman–Crippen MR) is 145 cm³/mol. The average Bonchev–Trinajstić information content (AvgIpc) is 3.69. The number of carbonyl (C=O) groups is 2. The minimum absolute atomic E-state index is 0.0211. The van der Waals surface area contributed by atoms with Gasteiger partial charge in [0.2, 0.25) is 11.8 Å². The molecule has 1 unspecified atom stereocenters. The van der Waals surface area contributed by atoms with Gasteiger partial charge in [-0.15, -0.1) is 0 Å². The van der Waals surface area contributed by atoms with E-state index >= 15 is 0 Å². The van der Waals surface area contributed by atoms with Crippen molar-refractivity contribution in [3.63, 3.8) is 0 Å². The van der Waals surface area contributed by atoms with E-state index in [1.165, 1.54) is 29.7 Å². The highest BCUT2D eigenvalue weighted by Crippen LogP contribution is 2.36. The number of likely N-dealkylation sites (N-methyl/N-ethyl adjacent to an activating group) is 1. The summed E-state index contributed by atoms with van der Waals surface area (Å²) in [5, 5.41) is 9.42. The van der Waals surface area contributed by atoms with Crippen molar-refractivity contribution in [2.45, 2.75) is 84.6 Å². The molecule has 6 nitrogen and oxygen atoms in total. The van der Waals surface area contributed by atoms with Crippen LogP contribution in [0.5, 0.6) is 0 Å². The molecule has 1 aliphatic carbocycles. The van der Waals surface area contributed by atoms with Crippen molar-refractivity contribution >= 4 is 11.8 Å². The Morgan fingerprint density at radius 2 is 1.69 bits per heavy atom. The first kappa shape index (κ1) is 28.9. The zero-order valence-corrected chi connectivity index (χ0v) is 22.5. The van der Waals surface area contributed by atoms with Gasteiger partial charge in [0.15, 0.2) is 0 Å². The fourth-order valence-corrected chi connectivity index (χ4v) is 4.48. The maximum Gasteiger partial charge on any atom is 0.239 e. The second kappa shape index (κ2) is 16.4. The number of rotatable bonds is 18. The summed E-state index contributed by atoms with van der Waals surface area (Å²) in [5.74, 6) is 0.406. The summed E-state index contributed by atoms with van der Waals surface area (Å²) in [6.45, 7) is 8.43. The lowest BCUT2D eigenvalue weighted by atomic mass is 9.99. The predicted octanol–water partition coefficient (Wildman–Crippen LogP) is 4.20. The first-order valence-corrected chi connectivity index (χ1v) is 13.7. The molecular weight excluding hydrogens is 436 g/mol. The van der Waals surface area contributed by atoms with E-state index in [1.54, 1.807) is 0 Å². The number of amides is 2. The van der Waals surface area contributed by atoms with E-state index in [4.69, 9.17) is 0 Å². The van der Waals surface area contributed by atoms with Crippen molar-refractivity contribution in [2.75, 3.05) is 33.2 Å². The van der Waals surface area contributed by atoms with Crippen molar-refractivity contribution in [1.82, 2.24) is 20.9 Å². The Balaban J connectivity index is 1.74. The van der Waals surface area contributed by atoms with E-state index in [0.29, 0.717) is 18.5 Å². The van der Waals surface area contributed by atoms with Crippen molar-refractivity contribution < 1.29 is 9.59 Å². The third-order valence-electron chi connectivity index (χ3n) is 6.52. The van der Waals surface area contributed by atoms with Crippen LogP contribution in [0.3, 0.4) is 0 Å². The highest BCUT2D eigenvalue weighted by molar-refractivity contribution is 5.85. The smallest absolute Gasteiger partial charge is 0.239 e. The highest BCUT2D eigenvalue weighted by Gasteiger charge is 2.34. The maximum atomic E-state index is 12.6. The number of nitrogens with zero attached hydrogens (tertiary/aromatic N) is 1. The van der Waals surface area contributed by atoms with E-state index in [9.17, 15) is 9.59 Å². The van der Waals surface area contributed by atoms with E-state index in [-0.39, 0.29) is 24.9 Å². The molecule has 0 aliphatic heterocycles. The minimum atomic E-state index is -0.134. The first-order chi connectivity index (χ1) is 17.0. The van der Waals surface area contributed by atoms with Crippen LogP contribution in [0.4, 0.5) is 0 Å². The van der Waals surface area contributed by atoms with Crippen molar-refractivity contribution in [2.24, 2.45) is 5.92 Å². The summed E-state index contributed by atoms with van der Waals surface area (Å²) in [5.41, 5.74) is 3.98. The molecule has 6 heteroatoms. The van der Waals surface area contributed by atoms with Crippen LogP contribution in [-0.4, -0.2) is 56.0 Å². The number of nitrogens with one attached hydrogen (secondary N) is 3. The van der Waals surface area contributed by atoms with Crippen molar-refractivity contribution in [3.8, 4) is 0 Å². The summed E-state index contributed by atoms with van der Waals surface area (Å²) in [6, 6.07) is 8.85. The molecule has 0 heterocycles. The van der Waals surface area contributed by atoms with Gasteiger partial charge in [0.25, 0.3) is 0 Å². The van der Waals surface area contributed by atoms with Gasteiger partial charge in [-0.1, -0.05) is 64.0 Å². The summed E-state index contributed by atoms with van der Waals surface area (Å²) >= 11 is 0. The Morgan fingerprint density at radius 3 is 2.31 bits per heavy atom. The van der Waals surface area contributed by atoms with Gasteiger partial charge in [0.1, 0.15) is 0 Å². The molecule has 1 aliphatic rings. The summed E-state index contributed by atoms with van der Waals surface area (Å²) < 4.78 is 0. The number of allylic oxidation sites excluding steroid dienone is 1. The van der Waals surface area contributed by atoms with E-state index < -0.39 is 0 Å². The number of benzene rings is 1. The Morgan fingerprint density at radius 1 is 0.971 bits per heavy atom. The van der Waals surface area contributed by atoms with Crippen molar-refractivity contribution in [3.05, 3.63) is 47.2 Å². The van der Waals surface area contributed by atoms with Crippen LogP contribution in [0.15, 0.2) is 36.0 Å². The van der Waals surface area contributed by atoms with Crippen LogP contribution in [0, 0.1) is 5.92 Å². The van der Waals surface area contributed by atoms with Crippen LogP contribution >= 0.6 is 0 Å². The first-order valence-electron chi connectivity index (χ1n) is 13.7. The zero-order valence-electron chi connectivity index (χ0n) is 22.5. The van der Waals surface area contributed by atoms with Gasteiger partial charge in [0, 0.05) is 25.3 Å². The Bertz CT molecular complexity index is 804. The van der Waals surface area contributed by atoms with E-state index in [1.807, 2.05) is 7.05 Å². The monoisotopic (exact) mass is 484 g/mol. The number of carbonyl (C=O) groups excluding carboxylic acids is 2. The molecule has 1 atom stereocenters. The normalized spacial score (nSPS) is 14.5. The zero-order chi connectivity index (χ0) is 25.5. The van der Waals surface area contributed by atoms with Gasteiger partial charge in [0.05, 0.1) is 13.1 Å². The molecule has 196 valence electrons.